The molecule has 0 radical (unpaired) electrons. The Kier molecular flexibility index (Phi) is 5.52. The quantitative estimate of drug-likeness (QED) is 0.476. The summed E-state index contributed by atoms with van der Waals surface area (Å²) in [7, 11) is 0. The van der Waals surface area contributed by atoms with Crippen molar-refractivity contribution in [2.75, 3.05) is 6.61 Å². The van der Waals surface area contributed by atoms with Crippen molar-refractivity contribution in [2.45, 2.75) is 39.2 Å². The van der Waals surface area contributed by atoms with E-state index in [4.69, 9.17) is 4.74 Å². The van der Waals surface area contributed by atoms with E-state index in [1.165, 1.54) is 0 Å². The largest absolute Gasteiger partial charge is 0.494 e. The van der Waals surface area contributed by atoms with Crippen molar-refractivity contribution < 1.29 is 14.3 Å². The van der Waals surface area contributed by atoms with Gasteiger partial charge in [0.15, 0.2) is 0 Å². The van der Waals surface area contributed by atoms with Crippen LogP contribution < -0.4 is 15.5 Å². The summed E-state index contributed by atoms with van der Waals surface area (Å²) in [6.07, 6.45) is 2.83. The summed E-state index contributed by atoms with van der Waals surface area (Å²) < 4.78 is 5.50. The molecule has 0 spiro atoms. The first-order chi connectivity index (χ1) is 10.6. The molecule has 2 N–H and O–H groups in total. The molecule has 0 unspecified atom stereocenters. The minimum atomic E-state index is -0.742. The first-order valence-corrected chi connectivity index (χ1v) is 7.48. The highest BCUT2D eigenvalue weighted by molar-refractivity contribution is 6.35. The van der Waals surface area contributed by atoms with Crippen molar-refractivity contribution in [3.63, 3.8) is 0 Å². The third-order valence-electron chi connectivity index (χ3n) is 3.19. The molecular formula is C16H21N3O3. The van der Waals surface area contributed by atoms with Gasteiger partial charge in [-0.1, -0.05) is 6.92 Å². The Bertz CT molecular complexity index is 563. The molecule has 0 heterocycles. The van der Waals surface area contributed by atoms with Gasteiger partial charge in [0, 0.05) is 6.04 Å². The van der Waals surface area contributed by atoms with Gasteiger partial charge in [-0.15, -0.1) is 0 Å². The Hall–Kier alpha value is -2.37. The van der Waals surface area contributed by atoms with Gasteiger partial charge >= 0.3 is 11.8 Å². The van der Waals surface area contributed by atoms with Crippen LogP contribution >= 0.6 is 0 Å². The van der Waals surface area contributed by atoms with Gasteiger partial charge in [-0.3, -0.25) is 9.59 Å². The smallest absolute Gasteiger partial charge is 0.329 e. The number of nitrogens with zero attached hydrogens (tertiary/aromatic N) is 1. The standard InChI is InChI=1S/C16H21N3O3/c1-3-10-22-14-8-4-12(5-9-14)11(2)18-19-16(21)15(20)17-13-6-7-13/h4-5,8-9,13H,3,6-7,10H2,1-2H3,(H,17,20)(H,19,21)/b18-11-. The van der Waals surface area contributed by atoms with Gasteiger partial charge in [0.1, 0.15) is 5.75 Å². The second kappa shape index (κ2) is 7.59. The molecule has 118 valence electrons. The summed E-state index contributed by atoms with van der Waals surface area (Å²) in [5, 5.41) is 6.56. The van der Waals surface area contributed by atoms with E-state index in [-0.39, 0.29) is 6.04 Å². The van der Waals surface area contributed by atoms with E-state index in [0.717, 1.165) is 30.6 Å². The van der Waals surface area contributed by atoms with Crippen LogP contribution in [0, 0.1) is 0 Å². The van der Waals surface area contributed by atoms with Gasteiger partial charge in [-0.25, -0.2) is 5.43 Å². The zero-order valence-corrected chi connectivity index (χ0v) is 12.9. The molecule has 6 nitrogen and oxygen atoms in total. The number of hydrazone groups is 1. The number of rotatable bonds is 6. The lowest BCUT2D eigenvalue weighted by Gasteiger charge is -2.06. The van der Waals surface area contributed by atoms with Crippen LogP contribution in [0.4, 0.5) is 0 Å². The Labute approximate surface area is 129 Å². The number of hydrogen-bond donors (Lipinski definition) is 2. The van der Waals surface area contributed by atoms with Gasteiger partial charge in [-0.05, 0) is 56.0 Å². The lowest BCUT2D eigenvalue weighted by atomic mass is 10.1. The summed E-state index contributed by atoms with van der Waals surface area (Å²) >= 11 is 0. The number of hydrogen-bond acceptors (Lipinski definition) is 4. The van der Waals surface area contributed by atoms with Gasteiger partial charge in [0.25, 0.3) is 0 Å². The average Bonchev–Trinajstić information content (AvgIpc) is 3.34. The van der Waals surface area contributed by atoms with Crippen LogP contribution in [0.5, 0.6) is 5.75 Å². The van der Waals surface area contributed by atoms with Crippen molar-refractivity contribution in [1.82, 2.24) is 10.7 Å². The fraction of sp³-hybridized carbons (Fsp3) is 0.438. The molecule has 0 saturated heterocycles. The van der Waals surface area contributed by atoms with Gasteiger partial charge in [0.2, 0.25) is 0 Å². The number of carbonyl (C=O) groups excluding carboxylic acids is 2. The number of ether oxygens (including phenoxy) is 1. The predicted octanol–water partition coefficient (Wildman–Crippen LogP) is 1.59. The van der Waals surface area contributed by atoms with E-state index < -0.39 is 11.8 Å². The van der Waals surface area contributed by atoms with Crippen LogP contribution in [0.3, 0.4) is 0 Å². The van der Waals surface area contributed by atoms with Crippen LogP contribution in [-0.2, 0) is 9.59 Å². The first-order valence-electron chi connectivity index (χ1n) is 7.48. The second-order valence-electron chi connectivity index (χ2n) is 5.26. The normalized spacial score (nSPS) is 14.4. The summed E-state index contributed by atoms with van der Waals surface area (Å²) in [5.74, 6) is -0.581. The van der Waals surface area contributed by atoms with Crippen LogP contribution in [0.25, 0.3) is 0 Å². The van der Waals surface area contributed by atoms with E-state index >= 15 is 0 Å². The molecule has 1 aromatic rings. The van der Waals surface area contributed by atoms with E-state index in [1.54, 1.807) is 6.92 Å². The van der Waals surface area contributed by atoms with E-state index in [1.807, 2.05) is 31.2 Å². The predicted molar refractivity (Wildman–Crippen MR) is 83.7 cm³/mol. The van der Waals surface area contributed by atoms with Gasteiger partial charge < -0.3 is 10.1 Å². The van der Waals surface area contributed by atoms with E-state index in [9.17, 15) is 9.59 Å². The third kappa shape index (κ3) is 4.87. The van der Waals surface area contributed by atoms with Crippen molar-refractivity contribution in [2.24, 2.45) is 5.10 Å². The van der Waals surface area contributed by atoms with Gasteiger partial charge in [0.05, 0.1) is 12.3 Å². The molecule has 0 aliphatic heterocycles. The van der Waals surface area contributed by atoms with Crippen LogP contribution in [0.2, 0.25) is 0 Å². The van der Waals surface area contributed by atoms with Crippen molar-refractivity contribution >= 4 is 17.5 Å². The highest BCUT2D eigenvalue weighted by Crippen LogP contribution is 2.18. The summed E-state index contributed by atoms with van der Waals surface area (Å²) in [6.45, 7) is 4.49. The monoisotopic (exact) mass is 303 g/mol. The number of carbonyl (C=O) groups is 2. The lowest BCUT2D eigenvalue weighted by Crippen LogP contribution is -2.39. The molecule has 0 aromatic heterocycles. The number of nitrogens with one attached hydrogen (secondary N) is 2. The lowest BCUT2D eigenvalue weighted by molar-refractivity contribution is -0.139. The molecule has 1 aromatic carbocycles. The van der Waals surface area contributed by atoms with Crippen molar-refractivity contribution in [3.8, 4) is 5.75 Å². The highest BCUT2D eigenvalue weighted by Gasteiger charge is 2.26. The molecular weight excluding hydrogens is 282 g/mol. The van der Waals surface area contributed by atoms with Crippen molar-refractivity contribution in [3.05, 3.63) is 29.8 Å². The van der Waals surface area contributed by atoms with Crippen LogP contribution in [0.1, 0.15) is 38.7 Å². The topological polar surface area (TPSA) is 79.8 Å². The van der Waals surface area contributed by atoms with Crippen LogP contribution in [-0.4, -0.2) is 30.2 Å². The minimum absolute atomic E-state index is 0.152. The summed E-state index contributed by atoms with van der Waals surface area (Å²) in [6, 6.07) is 7.58. The maximum atomic E-state index is 11.6. The SMILES string of the molecule is CCCOc1ccc(/C(C)=N\NC(=O)C(=O)NC2CC2)cc1. The Morgan fingerprint density at radius 2 is 1.91 bits per heavy atom. The van der Waals surface area contributed by atoms with E-state index in [2.05, 4.69) is 15.8 Å². The second-order valence-corrected chi connectivity index (χ2v) is 5.26. The molecule has 22 heavy (non-hydrogen) atoms. The zero-order chi connectivity index (χ0) is 15.9. The first kappa shape index (κ1) is 16.0. The van der Waals surface area contributed by atoms with Crippen molar-refractivity contribution in [1.29, 1.82) is 0 Å². The molecule has 1 aliphatic rings. The van der Waals surface area contributed by atoms with E-state index in [0.29, 0.717) is 12.3 Å². The average molecular weight is 303 g/mol. The molecule has 0 atom stereocenters. The highest BCUT2D eigenvalue weighted by atomic mass is 16.5. The molecule has 2 amide bonds. The molecule has 2 rings (SSSR count). The molecule has 1 saturated carbocycles. The summed E-state index contributed by atoms with van der Waals surface area (Å²) in [4.78, 5) is 23.0. The van der Waals surface area contributed by atoms with Crippen LogP contribution in [0.15, 0.2) is 29.4 Å². The fourth-order valence-electron chi connectivity index (χ4n) is 1.74. The Morgan fingerprint density at radius 1 is 1.23 bits per heavy atom. The number of benzene rings is 1. The minimum Gasteiger partial charge on any atom is -0.494 e. The summed E-state index contributed by atoms with van der Waals surface area (Å²) in [5.41, 5.74) is 3.74. The Morgan fingerprint density at radius 3 is 2.50 bits per heavy atom. The maximum Gasteiger partial charge on any atom is 0.329 e. The molecule has 1 aliphatic carbocycles. The molecule has 1 fully saturated rings. The molecule has 6 heteroatoms. The third-order valence-corrected chi connectivity index (χ3v) is 3.19. The zero-order valence-electron chi connectivity index (χ0n) is 12.9. The van der Waals surface area contributed by atoms with Gasteiger partial charge in [-0.2, -0.15) is 5.10 Å². The fourth-order valence-corrected chi connectivity index (χ4v) is 1.74. The maximum absolute atomic E-state index is 11.6. The number of amides is 2. The molecule has 0 bridgehead atoms. The Balaban J connectivity index is 1.87.